The number of rotatable bonds is 4. The van der Waals surface area contributed by atoms with Crippen molar-refractivity contribution in [2.75, 3.05) is 5.73 Å². The summed E-state index contributed by atoms with van der Waals surface area (Å²) in [5.74, 6) is -0.198. The minimum Gasteiger partial charge on any atom is -0.399 e. The average Bonchev–Trinajstić information content (AvgIpc) is 2.63. The van der Waals surface area contributed by atoms with Crippen LogP contribution in [0.3, 0.4) is 0 Å². The van der Waals surface area contributed by atoms with E-state index in [1.807, 2.05) is 6.08 Å². The number of allylic oxidation sites excluding steroid dienone is 2. The molecule has 1 aromatic carbocycles. The third kappa shape index (κ3) is 4.72. The van der Waals surface area contributed by atoms with E-state index in [4.69, 9.17) is 5.73 Å². The molecular weight excluding hydrogens is 314 g/mol. The molecule has 0 atom stereocenters. The van der Waals surface area contributed by atoms with Gasteiger partial charge in [0.1, 0.15) is 0 Å². The number of nitrogens with one attached hydrogen (secondary N) is 2. The zero-order chi connectivity index (χ0) is 17.6. The van der Waals surface area contributed by atoms with E-state index in [1.165, 1.54) is 19.3 Å². The molecule has 0 heterocycles. The van der Waals surface area contributed by atoms with Crippen LogP contribution in [0, 0.1) is 0 Å². The van der Waals surface area contributed by atoms with Crippen molar-refractivity contribution in [2.24, 2.45) is 0 Å². The van der Waals surface area contributed by atoms with Crippen molar-refractivity contribution in [3.63, 3.8) is 0 Å². The molecule has 3 rings (SSSR count). The summed E-state index contributed by atoms with van der Waals surface area (Å²) < 4.78 is 0. The first kappa shape index (κ1) is 17.3. The summed E-state index contributed by atoms with van der Waals surface area (Å²) >= 11 is 0. The van der Waals surface area contributed by atoms with Crippen LogP contribution in [-0.4, -0.2) is 17.9 Å². The highest BCUT2D eigenvalue weighted by Crippen LogP contribution is 2.20. The Kier molecular flexibility index (Phi) is 5.53. The minimum atomic E-state index is -0.198. The van der Waals surface area contributed by atoms with Gasteiger partial charge in [0.15, 0.2) is 0 Å². The van der Waals surface area contributed by atoms with Gasteiger partial charge in [0.25, 0.3) is 5.91 Å². The summed E-state index contributed by atoms with van der Waals surface area (Å²) in [6.45, 7) is 0. The van der Waals surface area contributed by atoms with Crippen molar-refractivity contribution in [3.8, 4) is 0 Å². The molecular formula is C20H25N3O2. The molecule has 4 N–H and O–H groups in total. The largest absolute Gasteiger partial charge is 0.399 e. The fraction of sp³-hybridized carbons (Fsp3) is 0.400. The molecule has 0 spiro atoms. The first-order chi connectivity index (χ1) is 12.1. The highest BCUT2D eigenvalue weighted by Gasteiger charge is 2.20. The highest BCUT2D eigenvalue weighted by molar-refractivity contribution is 5.97. The SMILES string of the molecule is Nc1ccc(C(=O)NC2=CCCC(C(=O)NC3CCCCC3)=C2)cc1. The summed E-state index contributed by atoms with van der Waals surface area (Å²) in [7, 11) is 0. The highest BCUT2D eigenvalue weighted by atomic mass is 16.2. The van der Waals surface area contributed by atoms with Gasteiger partial charge < -0.3 is 16.4 Å². The normalized spacial score (nSPS) is 18.1. The Balaban J connectivity index is 1.60. The topological polar surface area (TPSA) is 84.2 Å². The van der Waals surface area contributed by atoms with Gasteiger partial charge in [-0.15, -0.1) is 0 Å². The number of carbonyl (C=O) groups is 2. The smallest absolute Gasteiger partial charge is 0.255 e. The maximum Gasteiger partial charge on any atom is 0.255 e. The molecule has 1 fully saturated rings. The number of hydrogen-bond acceptors (Lipinski definition) is 3. The lowest BCUT2D eigenvalue weighted by atomic mass is 9.94. The zero-order valence-electron chi connectivity index (χ0n) is 14.4. The Bertz CT molecular complexity index is 698. The van der Waals surface area contributed by atoms with Crippen LogP contribution in [0.25, 0.3) is 0 Å². The lowest BCUT2D eigenvalue weighted by Crippen LogP contribution is -2.37. The predicted molar refractivity (Wildman–Crippen MR) is 98.7 cm³/mol. The van der Waals surface area contributed by atoms with Crippen LogP contribution in [0.2, 0.25) is 0 Å². The number of anilines is 1. The lowest BCUT2D eigenvalue weighted by molar-refractivity contribution is -0.118. The van der Waals surface area contributed by atoms with E-state index in [-0.39, 0.29) is 11.8 Å². The Labute approximate surface area is 148 Å². The Morgan fingerprint density at radius 3 is 2.44 bits per heavy atom. The van der Waals surface area contributed by atoms with Crippen molar-refractivity contribution in [1.29, 1.82) is 0 Å². The average molecular weight is 339 g/mol. The number of benzene rings is 1. The number of hydrogen-bond donors (Lipinski definition) is 3. The third-order valence-corrected chi connectivity index (χ3v) is 4.77. The molecule has 0 bridgehead atoms. The van der Waals surface area contributed by atoms with Gasteiger partial charge in [-0.3, -0.25) is 9.59 Å². The second kappa shape index (κ2) is 8.01. The summed E-state index contributed by atoms with van der Waals surface area (Å²) in [6, 6.07) is 7.07. The second-order valence-corrected chi connectivity index (χ2v) is 6.75. The van der Waals surface area contributed by atoms with Crippen LogP contribution in [0.1, 0.15) is 55.3 Å². The summed E-state index contributed by atoms with van der Waals surface area (Å²) in [4.78, 5) is 24.8. The van der Waals surface area contributed by atoms with E-state index >= 15 is 0 Å². The lowest BCUT2D eigenvalue weighted by Gasteiger charge is -2.24. The monoisotopic (exact) mass is 339 g/mol. The van der Waals surface area contributed by atoms with Crippen LogP contribution < -0.4 is 16.4 Å². The van der Waals surface area contributed by atoms with Gasteiger partial charge in [-0.2, -0.15) is 0 Å². The fourth-order valence-electron chi connectivity index (χ4n) is 3.33. The van der Waals surface area contributed by atoms with Gasteiger partial charge in [-0.1, -0.05) is 25.3 Å². The zero-order valence-corrected chi connectivity index (χ0v) is 14.4. The van der Waals surface area contributed by atoms with E-state index in [2.05, 4.69) is 10.6 Å². The summed E-state index contributed by atoms with van der Waals surface area (Å²) in [5.41, 5.74) is 8.23. The van der Waals surface area contributed by atoms with E-state index in [0.717, 1.165) is 24.8 Å². The molecule has 5 nitrogen and oxygen atoms in total. The molecule has 132 valence electrons. The van der Waals surface area contributed by atoms with Crippen molar-refractivity contribution in [1.82, 2.24) is 10.6 Å². The van der Waals surface area contributed by atoms with E-state index in [0.29, 0.717) is 29.4 Å². The van der Waals surface area contributed by atoms with Crippen LogP contribution in [0.4, 0.5) is 5.69 Å². The molecule has 0 radical (unpaired) electrons. The van der Waals surface area contributed by atoms with Crippen LogP contribution in [0.15, 0.2) is 47.7 Å². The molecule has 0 aliphatic heterocycles. The van der Waals surface area contributed by atoms with Crippen molar-refractivity contribution in [3.05, 3.63) is 53.3 Å². The van der Waals surface area contributed by atoms with Crippen molar-refractivity contribution in [2.45, 2.75) is 51.0 Å². The van der Waals surface area contributed by atoms with Crippen molar-refractivity contribution < 1.29 is 9.59 Å². The van der Waals surface area contributed by atoms with Gasteiger partial charge in [0, 0.05) is 28.6 Å². The van der Waals surface area contributed by atoms with Gasteiger partial charge in [-0.05, 0) is 56.0 Å². The quantitative estimate of drug-likeness (QED) is 0.737. The molecule has 0 aromatic heterocycles. The molecule has 0 saturated heterocycles. The van der Waals surface area contributed by atoms with Crippen molar-refractivity contribution >= 4 is 17.5 Å². The molecule has 2 aliphatic carbocycles. The number of nitrogen functional groups attached to an aromatic ring is 1. The van der Waals surface area contributed by atoms with Crippen LogP contribution in [0.5, 0.6) is 0 Å². The number of carbonyl (C=O) groups excluding carboxylic acids is 2. The van der Waals surface area contributed by atoms with Gasteiger partial charge in [-0.25, -0.2) is 0 Å². The second-order valence-electron chi connectivity index (χ2n) is 6.75. The first-order valence-corrected chi connectivity index (χ1v) is 9.00. The Morgan fingerprint density at radius 2 is 1.72 bits per heavy atom. The molecule has 2 aliphatic rings. The maximum atomic E-state index is 12.5. The molecule has 1 saturated carbocycles. The standard InChI is InChI=1S/C20H25N3O2/c21-16-11-9-14(10-12-16)19(24)23-18-8-4-5-15(13-18)20(25)22-17-6-2-1-3-7-17/h8-13,17H,1-7,21H2,(H,22,25)(H,23,24). The van der Waals surface area contributed by atoms with Gasteiger partial charge in [0.2, 0.25) is 5.91 Å². The summed E-state index contributed by atoms with van der Waals surface area (Å²) in [5, 5.41) is 6.01. The molecule has 2 amide bonds. The minimum absolute atomic E-state index is 0.000710. The van der Waals surface area contributed by atoms with E-state index in [1.54, 1.807) is 30.3 Å². The first-order valence-electron chi connectivity index (χ1n) is 9.00. The Morgan fingerprint density at radius 1 is 1.00 bits per heavy atom. The Hall–Kier alpha value is -2.56. The third-order valence-electron chi connectivity index (χ3n) is 4.77. The summed E-state index contributed by atoms with van der Waals surface area (Å²) in [6.07, 6.45) is 11.0. The molecule has 1 aromatic rings. The van der Waals surface area contributed by atoms with Gasteiger partial charge in [0.05, 0.1) is 0 Å². The predicted octanol–water partition coefficient (Wildman–Crippen LogP) is 3.05. The molecule has 25 heavy (non-hydrogen) atoms. The van der Waals surface area contributed by atoms with E-state index < -0.39 is 0 Å². The van der Waals surface area contributed by atoms with Crippen LogP contribution >= 0.6 is 0 Å². The number of amides is 2. The fourth-order valence-corrected chi connectivity index (χ4v) is 3.33. The van der Waals surface area contributed by atoms with Gasteiger partial charge >= 0.3 is 0 Å². The van der Waals surface area contributed by atoms with Crippen LogP contribution in [-0.2, 0) is 4.79 Å². The maximum absolute atomic E-state index is 12.5. The molecule has 5 heteroatoms. The van der Waals surface area contributed by atoms with E-state index in [9.17, 15) is 9.59 Å². The number of nitrogens with two attached hydrogens (primary N) is 1. The molecule has 0 unspecified atom stereocenters.